The lowest BCUT2D eigenvalue weighted by molar-refractivity contribution is -0.128. The molecule has 0 spiro atoms. The number of carbonyl (C=O) groups is 1. The molecule has 4 nitrogen and oxygen atoms in total. The summed E-state index contributed by atoms with van der Waals surface area (Å²) in [6, 6.07) is -0.129. The summed E-state index contributed by atoms with van der Waals surface area (Å²) in [6.45, 7) is 5.84. The van der Waals surface area contributed by atoms with Crippen LogP contribution in [-0.4, -0.2) is 47.7 Å². The number of aliphatic hydroxyl groups excluding tert-OH is 1. The van der Waals surface area contributed by atoms with Gasteiger partial charge < -0.3 is 10.4 Å². The quantitative estimate of drug-likeness (QED) is 0.710. The summed E-state index contributed by atoms with van der Waals surface area (Å²) in [4.78, 5) is 14.1. The first-order chi connectivity index (χ1) is 7.19. The van der Waals surface area contributed by atoms with Crippen LogP contribution in [-0.2, 0) is 4.79 Å². The van der Waals surface area contributed by atoms with Crippen LogP contribution in [0, 0.1) is 0 Å². The number of nitrogens with one attached hydrogen (secondary N) is 1. The molecule has 0 saturated carbocycles. The number of carbonyl (C=O) groups excluding carboxylic acids is 1. The van der Waals surface area contributed by atoms with Crippen LogP contribution in [0.4, 0.5) is 0 Å². The van der Waals surface area contributed by atoms with Gasteiger partial charge in [-0.05, 0) is 32.9 Å². The third-order valence-corrected chi connectivity index (χ3v) is 2.99. The van der Waals surface area contributed by atoms with Crippen molar-refractivity contribution in [3.8, 4) is 0 Å². The van der Waals surface area contributed by atoms with E-state index in [4.69, 9.17) is 5.11 Å². The monoisotopic (exact) mass is 214 g/mol. The molecule has 88 valence electrons. The van der Waals surface area contributed by atoms with Gasteiger partial charge in [0.15, 0.2) is 0 Å². The lowest BCUT2D eigenvalue weighted by Gasteiger charge is -2.34. The first kappa shape index (κ1) is 12.5. The maximum Gasteiger partial charge on any atom is 0.237 e. The van der Waals surface area contributed by atoms with Crippen LogP contribution in [0.15, 0.2) is 0 Å². The molecule has 0 aromatic heterocycles. The second-order valence-electron chi connectivity index (χ2n) is 4.23. The number of likely N-dealkylation sites (N-methyl/N-ethyl adjacent to an activating group) is 1. The van der Waals surface area contributed by atoms with Crippen molar-refractivity contribution in [3.63, 3.8) is 0 Å². The van der Waals surface area contributed by atoms with Crippen molar-refractivity contribution in [1.82, 2.24) is 10.2 Å². The Kier molecular flexibility index (Phi) is 5.05. The Bertz CT molecular complexity index is 209. The molecule has 1 heterocycles. The van der Waals surface area contributed by atoms with E-state index in [2.05, 4.69) is 17.1 Å². The minimum Gasteiger partial charge on any atom is -0.394 e. The number of hydrogen-bond acceptors (Lipinski definition) is 3. The molecule has 0 bridgehead atoms. The summed E-state index contributed by atoms with van der Waals surface area (Å²) in [7, 11) is 0. The minimum absolute atomic E-state index is 0.00455. The highest BCUT2D eigenvalue weighted by atomic mass is 16.3. The second-order valence-corrected chi connectivity index (χ2v) is 4.23. The maximum absolute atomic E-state index is 11.9. The lowest BCUT2D eigenvalue weighted by Crippen LogP contribution is -2.51. The van der Waals surface area contributed by atoms with Gasteiger partial charge in [-0.2, -0.15) is 0 Å². The normalized spacial score (nSPS) is 24.9. The Morgan fingerprint density at radius 2 is 2.33 bits per heavy atom. The van der Waals surface area contributed by atoms with Crippen LogP contribution < -0.4 is 5.32 Å². The fourth-order valence-electron chi connectivity index (χ4n) is 2.05. The molecular weight excluding hydrogens is 192 g/mol. The molecule has 2 unspecified atom stereocenters. The molecule has 1 saturated heterocycles. The van der Waals surface area contributed by atoms with Crippen molar-refractivity contribution in [2.75, 3.05) is 19.7 Å². The zero-order valence-corrected chi connectivity index (χ0v) is 9.70. The Labute approximate surface area is 91.6 Å². The summed E-state index contributed by atoms with van der Waals surface area (Å²) < 4.78 is 0. The van der Waals surface area contributed by atoms with E-state index >= 15 is 0 Å². The zero-order chi connectivity index (χ0) is 11.3. The van der Waals surface area contributed by atoms with Crippen molar-refractivity contribution >= 4 is 5.91 Å². The van der Waals surface area contributed by atoms with Crippen LogP contribution in [0.2, 0.25) is 0 Å². The SMILES string of the molecule is CCN1CCCCC1C(=O)NC(C)CO. The van der Waals surface area contributed by atoms with E-state index in [1.807, 2.05) is 6.92 Å². The number of likely N-dealkylation sites (tertiary alicyclic amines) is 1. The zero-order valence-electron chi connectivity index (χ0n) is 9.70. The van der Waals surface area contributed by atoms with E-state index in [0.29, 0.717) is 0 Å². The lowest BCUT2D eigenvalue weighted by atomic mass is 10.0. The number of rotatable bonds is 4. The van der Waals surface area contributed by atoms with Crippen molar-refractivity contribution in [2.24, 2.45) is 0 Å². The molecule has 0 aliphatic carbocycles. The van der Waals surface area contributed by atoms with Crippen LogP contribution in [0.25, 0.3) is 0 Å². The molecule has 2 atom stereocenters. The topological polar surface area (TPSA) is 52.6 Å². The fourth-order valence-corrected chi connectivity index (χ4v) is 2.05. The molecule has 1 amide bonds. The van der Waals surface area contributed by atoms with Gasteiger partial charge in [0, 0.05) is 6.04 Å². The molecule has 1 rings (SSSR count). The predicted octanol–water partition coefficient (Wildman–Crippen LogP) is 0.358. The second kappa shape index (κ2) is 6.08. The standard InChI is InChI=1S/C11H22N2O2/c1-3-13-7-5-4-6-10(13)11(15)12-9(2)8-14/h9-10,14H,3-8H2,1-2H3,(H,12,15). The minimum atomic E-state index is -0.141. The van der Waals surface area contributed by atoms with E-state index < -0.39 is 0 Å². The first-order valence-corrected chi connectivity index (χ1v) is 5.84. The molecule has 0 radical (unpaired) electrons. The number of nitrogens with zero attached hydrogens (tertiary/aromatic N) is 1. The van der Waals surface area contributed by atoms with Gasteiger partial charge in [-0.3, -0.25) is 9.69 Å². The van der Waals surface area contributed by atoms with E-state index in [1.165, 1.54) is 6.42 Å². The molecule has 1 aliphatic heterocycles. The van der Waals surface area contributed by atoms with E-state index in [9.17, 15) is 4.79 Å². The third-order valence-electron chi connectivity index (χ3n) is 2.99. The molecule has 0 aromatic carbocycles. The Balaban J connectivity index is 2.48. The van der Waals surface area contributed by atoms with Crippen molar-refractivity contribution < 1.29 is 9.90 Å². The van der Waals surface area contributed by atoms with E-state index in [0.717, 1.165) is 25.9 Å². The Morgan fingerprint density at radius 1 is 1.60 bits per heavy atom. The van der Waals surface area contributed by atoms with Crippen LogP contribution in [0.5, 0.6) is 0 Å². The molecule has 1 aliphatic rings. The van der Waals surface area contributed by atoms with Crippen molar-refractivity contribution in [1.29, 1.82) is 0 Å². The molecule has 2 N–H and O–H groups in total. The summed E-state index contributed by atoms with van der Waals surface area (Å²) in [6.07, 6.45) is 3.26. The number of piperidine rings is 1. The average molecular weight is 214 g/mol. The van der Waals surface area contributed by atoms with Gasteiger partial charge in [-0.25, -0.2) is 0 Å². The highest BCUT2D eigenvalue weighted by Crippen LogP contribution is 2.16. The van der Waals surface area contributed by atoms with Gasteiger partial charge in [0.2, 0.25) is 5.91 Å². The molecule has 15 heavy (non-hydrogen) atoms. The summed E-state index contributed by atoms with van der Waals surface area (Å²) >= 11 is 0. The smallest absolute Gasteiger partial charge is 0.237 e. The maximum atomic E-state index is 11.9. The predicted molar refractivity (Wildman–Crippen MR) is 59.6 cm³/mol. The fraction of sp³-hybridized carbons (Fsp3) is 0.909. The summed E-state index contributed by atoms with van der Waals surface area (Å²) in [5, 5.41) is 11.7. The first-order valence-electron chi connectivity index (χ1n) is 5.84. The summed E-state index contributed by atoms with van der Waals surface area (Å²) in [5.41, 5.74) is 0. The van der Waals surface area contributed by atoms with Crippen molar-refractivity contribution in [3.05, 3.63) is 0 Å². The number of aliphatic hydroxyl groups is 1. The highest BCUT2D eigenvalue weighted by molar-refractivity contribution is 5.82. The van der Waals surface area contributed by atoms with Crippen LogP contribution >= 0.6 is 0 Å². The highest BCUT2D eigenvalue weighted by Gasteiger charge is 2.27. The van der Waals surface area contributed by atoms with Gasteiger partial charge in [0.1, 0.15) is 0 Å². The van der Waals surface area contributed by atoms with Crippen molar-refractivity contribution in [2.45, 2.75) is 45.2 Å². The van der Waals surface area contributed by atoms with E-state index in [1.54, 1.807) is 0 Å². The van der Waals surface area contributed by atoms with Gasteiger partial charge in [0.25, 0.3) is 0 Å². The third kappa shape index (κ3) is 3.47. The van der Waals surface area contributed by atoms with Crippen LogP contribution in [0.3, 0.4) is 0 Å². The molecular formula is C11H22N2O2. The van der Waals surface area contributed by atoms with Gasteiger partial charge >= 0.3 is 0 Å². The van der Waals surface area contributed by atoms with Gasteiger partial charge in [0.05, 0.1) is 12.6 Å². The average Bonchev–Trinajstić information content (AvgIpc) is 2.28. The van der Waals surface area contributed by atoms with E-state index in [-0.39, 0.29) is 24.6 Å². The Hall–Kier alpha value is -0.610. The largest absolute Gasteiger partial charge is 0.394 e. The molecule has 0 aromatic rings. The summed E-state index contributed by atoms with van der Waals surface area (Å²) in [5.74, 6) is 0.0677. The van der Waals surface area contributed by atoms with Crippen LogP contribution in [0.1, 0.15) is 33.1 Å². The van der Waals surface area contributed by atoms with Gasteiger partial charge in [-0.15, -0.1) is 0 Å². The number of amides is 1. The molecule has 1 fully saturated rings. The Morgan fingerprint density at radius 3 is 2.93 bits per heavy atom. The number of hydrogen-bond donors (Lipinski definition) is 2. The van der Waals surface area contributed by atoms with Gasteiger partial charge in [-0.1, -0.05) is 13.3 Å². The molecule has 4 heteroatoms.